The fraction of sp³-hybridized carbons (Fsp3) is 0.571. The van der Waals surface area contributed by atoms with Gasteiger partial charge in [-0.05, 0) is 33.4 Å². The molecule has 2 aromatic rings. The average molecular weight is 314 g/mol. The maximum Gasteiger partial charge on any atom is 0.145 e. The molecule has 0 aromatic carbocycles. The van der Waals surface area contributed by atoms with Gasteiger partial charge in [-0.25, -0.2) is 9.97 Å². The van der Waals surface area contributed by atoms with Gasteiger partial charge in [-0.15, -0.1) is 11.3 Å². The number of hydrogen-bond acceptors (Lipinski definition) is 5. The van der Waals surface area contributed by atoms with E-state index in [1.807, 2.05) is 14.0 Å². The van der Waals surface area contributed by atoms with Crippen LogP contribution in [0.15, 0.2) is 0 Å². The van der Waals surface area contributed by atoms with Crippen molar-refractivity contribution in [2.75, 3.05) is 26.8 Å². The summed E-state index contributed by atoms with van der Waals surface area (Å²) in [4.78, 5) is 13.4. The number of halogens is 1. The minimum absolute atomic E-state index is 0.560. The fourth-order valence-corrected chi connectivity index (χ4v) is 3.43. The van der Waals surface area contributed by atoms with Crippen molar-refractivity contribution in [2.24, 2.45) is 0 Å². The molecular weight excluding hydrogens is 294 g/mol. The molecule has 0 spiro atoms. The summed E-state index contributed by atoms with van der Waals surface area (Å²) < 4.78 is 5.35. The highest BCUT2D eigenvalue weighted by atomic mass is 35.5. The van der Waals surface area contributed by atoms with Crippen molar-refractivity contribution >= 4 is 33.2 Å². The number of nitrogens with zero attached hydrogens (tertiary/aromatic N) is 3. The number of likely N-dealkylation sites (N-methyl/N-ethyl adjacent to an activating group) is 1. The number of rotatable bonds is 6. The van der Waals surface area contributed by atoms with Crippen LogP contribution in [-0.4, -0.2) is 41.7 Å². The van der Waals surface area contributed by atoms with E-state index in [1.165, 1.54) is 10.4 Å². The molecule has 4 nitrogen and oxygen atoms in total. The number of ether oxygens (including phenoxy) is 1. The van der Waals surface area contributed by atoms with Crippen LogP contribution in [0.2, 0.25) is 5.15 Å². The van der Waals surface area contributed by atoms with Gasteiger partial charge in [0.25, 0.3) is 0 Å². The summed E-state index contributed by atoms with van der Waals surface area (Å²) in [6.45, 7) is 9.16. The Morgan fingerprint density at radius 1 is 1.30 bits per heavy atom. The van der Waals surface area contributed by atoms with Crippen molar-refractivity contribution in [1.82, 2.24) is 14.9 Å². The van der Waals surface area contributed by atoms with Crippen LogP contribution in [0.1, 0.15) is 23.2 Å². The van der Waals surface area contributed by atoms with Crippen LogP contribution in [-0.2, 0) is 11.3 Å². The molecule has 0 unspecified atom stereocenters. The van der Waals surface area contributed by atoms with E-state index in [9.17, 15) is 0 Å². The summed E-state index contributed by atoms with van der Waals surface area (Å²) >= 11 is 7.98. The smallest absolute Gasteiger partial charge is 0.145 e. The first-order valence-electron chi connectivity index (χ1n) is 6.71. The molecule has 0 atom stereocenters. The molecule has 0 radical (unpaired) electrons. The summed E-state index contributed by atoms with van der Waals surface area (Å²) in [7, 11) is 2.03. The maximum atomic E-state index is 6.30. The van der Waals surface area contributed by atoms with Gasteiger partial charge in [-0.3, -0.25) is 4.90 Å². The van der Waals surface area contributed by atoms with Gasteiger partial charge >= 0.3 is 0 Å². The Balaban J connectivity index is 2.15. The van der Waals surface area contributed by atoms with Crippen LogP contribution in [0.25, 0.3) is 10.2 Å². The van der Waals surface area contributed by atoms with E-state index >= 15 is 0 Å². The molecule has 0 N–H and O–H groups in total. The van der Waals surface area contributed by atoms with Gasteiger partial charge in [0, 0.05) is 18.0 Å². The Morgan fingerprint density at radius 3 is 2.75 bits per heavy atom. The lowest BCUT2D eigenvalue weighted by Crippen LogP contribution is -2.23. The van der Waals surface area contributed by atoms with Gasteiger partial charge in [0.1, 0.15) is 15.8 Å². The molecule has 20 heavy (non-hydrogen) atoms. The minimum Gasteiger partial charge on any atom is -0.380 e. The third kappa shape index (κ3) is 3.47. The first-order valence-corrected chi connectivity index (χ1v) is 7.90. The zero-order valence-electron chi connectivity index (χ0n) is 12.4. The monoisotopic (exact) mass is 313 g/mol. The summed E-state index contributed by atoms with van der Waals surface area (Å²) in [6.07, 6.45) is 0. The molecule has 2 heterocycles. The summed E-state index contributed by atoms with van der Waals surface area (Å²) in [6, 6.07) is 0. The first kappa shape index (κ1) is 15.6. The highest BCUT2D eigenvalue weighted by Crippen LogP contribution is 2.32. The van der Waals surface area contributed by atoms with Gasteiger partial charge in [0.15, 0.2) is 0 Å². The highest BCUT2D eigenvalue weighted by molar-refractivity contribution is 7.18. The average Bonchev–Trinajstić information content (AvgIpc) is 2.65. The lowest BCUT2D eigenvalue weighted by atomic mass is 10.2. The van der Waals surface area contributed by atoms with Crippen molar-refractivity contribution in [2.45, 2.75) is 27.3 Å². The molecule has 0 aliphatic rings. The Kier molecular flexibility index (Phi) is 5.32. The van der Waals surface area contributed by atoms with Crippen molar-refractivity contribution < 1.29 is 4.74 Å². The summed E-state index contributed by atoms with van der Waals surface area (Å²) in [5.41, 5.74) is 1.19. The fourth-order valence-electron chi connectivity index (χ4n) is 2.00. The number of thiophene rings is 1. The van der Waals surface area contributed by atoms with E-state index in [1.54, 1.807) is 11.3 Å². The van der Waals surface area contributed by atoms with Gasteiger partial charge < -0.3 is 4.74 Å². The van der Waals surface area contributed by atoms with Gasteiger partial charge in [0.2, 0.25) is 0 Å². The predicted octanol–water partition coefficient (Wildman–Crippen LogP) is 3.43. The number of aromatic nitrogens is 2. The molecule has 0 aliphatic heterocycles. The molecule has 0 amide bonds. The predicted molar refractivity (Wildman–Crippen MR) is 84.7 cm³/mol. The van der Waals surface area contributed by atoms with E-state index in [2.05, 4.69) is 28.7 Å². The van der Waals surface area contributed by atoms with Crippen LogP contribution < -0.4 is 0 Å². The minimum atomic E-state index is 0.560. The molecular formula is C14H20ClN3OS. The second kappa shape index (κ2) is 6.80. The van der Waals surface area contributed by atoms with Crippen LogP contribution >= 0.6 is 22.9 Å². The number of fused-ring (bicyclic) bond motifs is 1. The molecule has 2 rings (SSSR count). The third-order valence-corrected chi connectivity index (χ3v) is 4.64. The van der Waals surface area contributed by atoms with E-state index in [0.717, 1.165) is 35.8 Å². The number of hydrogen-bond donors (Lipinski definition) is 0. The normalized spacial score (nSPS) is 11.7. The van der Waals surface area contributed by atoms with Crippen LogP contribution in [0.3, 0.4) is 0 Å². The highest BCUT2D eigenvalue weighted by Gasteiger charge is 2.14. The lowest BCUT2D eigenvalue weighted by molar-refractivity contribution is 0.119. The van der Waals surface area contributed by atoms with E-state index in [4.69, 9.17) is 16.3 Å². The Bertz CT molecular complexity index is 600. The molecule has 0 saturated carbocycles. The second-order valence-corrected chi connectivity index (χ2v) is 6.39. The molecule has 0 aliphatic carbocycles. The van der Waals surface area contributed by atoms with Gasteiger partial charge in [0.05, 0.1) is 18.5 Å². The lowest BCUT2D eigenvalue weighted by Gasteiger charge is -2.15. The molecule has 0 bridgehead atoms. The first-order chi connectivity index (χ1) is 9.52. The standard InChI is InChI=1S/C14H20ClN3OS/c1-5-19-7-6-18(4)8-11-16-13(15)12-9(2)10(3)20-14(12)17-11/h5-8H2,1-4H3. The quantitative estimate of drug-likeness (QED) is 0.605. The SMILES string of the molecule is CCOCCN(C)Cc1nc(Cl)c2c(C)c(C)sc2n1. The van der Waals surface area contributed by atoms with Crippen molar-refractivity contribution in [3.8, 4) is 0 Å². The maximum absolute atomic E-state index is 6.30. The van der Waals surface area contributed by atoms with Crippen molar-refractivity contribution in [1.29, 1.82) is 0 Å². The summed E-state index contributed by atoms with van der Waals surface area (Å²) in [5.74, 6) is 0.766. The zero-order valence-corrected chi connectivity index (χ0v) is 13.9. The third-order valence-electron chi connectivity index (χ3n) is 3.26. The van der Waals surface area contributed by atoms with Crippen molar-refractivity contribution in [3.05, 3.63) is 21.4 Å². The number of aryl methyl sites for hydroxylation is 2. The molecule has 110 valence electrons. The van der Waals surface area contributed by atoms with Gasteiger partial charge in [-0.2, -0.15) is 0 Å². The van der Waals surface area contributed by atoms with Crippen LogP contribution in [0.4, 0.5) is 0 Å². The Hall–Kier alpha value is -0.750. The van der Waals surface area contributed by atoms with E-state index < -0.39 is 0 Å². The Morgan fingerprint density at radius 2 is 2.05 bits per heavy atom. The molecule has 2 aromatic heterocycles. The zero-order chi connectivity index (χ0) is 14.7. The van der Waals surface area contributed by atoms with Gasteiger partial charge in [-0.1, -0.05) is 11.6 Å². The Labute approximate surface area is 128 Å². The largest absolute Gasteiger partial charge is 0.380 e. The second-order valence-electron chi connectivity index (χ2n) is 4.83. The van der Waals surface area contributed by atoms with Crippen molar-refractivity contribution in [3.63, 3.8) is 0 Å². The van der Waals surface area contributed by atoms with Crippen LogP contribution in [0, 0.1) is 13.8 Å². The molecule has 0 fully saturated rings. The van der Waals surface area contributed by atoms with E-state index in [0.29, 0.717) is 11.7 Å². The summed E-state index contributed by atoms with van der Waals surface area (Å²) in [5, 5.41) is 1.56. The molecule has 0 saturated heterocycles. The molecule has 6 heteroatoms. The van der Waals surface area contributed by atoms with E-state index in [-0.39, 0.29) is 0 Å². The van der Waals surface area contributed by atoms with Crippen LogP contribution in [0.5, 0.6) is 0 Å². The topological polar surface area (TPSA) is 38.2 Å².